The number of hydrogen-bond acceptors (Lipinski definition) is 7. The van der Waals surface area contributed by atoms with Gasteiger partial charge in [0.2, 0.25) is 0 Å². The van der Waals surface area contributed by atoms with Crippen LogP contribution in [0.5, 0.6) is 0 Å². The summed E-state index contributed by atoms with van der Waals surface area (Å²) in [7, 11) is 0. The van der Waals surface area contributed by atoms with Gasteiger partial charge in [0.15, 0.2) is 0 Å². The van der Waals surface area contributed by atoms with Crippen LogP contribution in [-0.4, -0.2) is 58.5 Å². The lowest BCUT2D eigenvalue weighted by atomic mass is 10.0. The molecule has 0 bridgehead atoms. The monoisotopic (exact) mass is 477 g/mol. The Hall–Kier alpha value is -3.92. The highest BCUT2D eigenvalue weighted by molar-refractivity contribution is 5.95. The molecule has 1 aromatic heterocycles. The van der Waals surface area contributed by atoms with Crippen LogP contribution in [0.3, 0.4) is 0 Å². The van der Waals surface area contributed by atoms with Crippen molar-refractivity contribution < 1.29 is 18.8 Å². The zero-order chi connectivity index (χ0) is 24.4. The highest BCUT2D eigenvalue weighted by atomic mass is 19.1. The van der Waals surface area contributed by atoms with Crippen LogP contribution in [-0.2, 0) is 24.1 Å². The van der Waals surface area contributed by atoms with Crippen molar-refractivity contribution in [3.8, 4) is 0 Å². The molecule has 180 valence electrons. The number of aromatic nitrogens is 2. The van der Waals surface area contributed by atoms with Crippen molar-refractivity contribution in [2.75, 3.05) is 37.7 Å². The van der Waals surface area contributed by atoms with Gasteiger partial charge in [-0.15, -0.1) is 0 Å². The average Bonchev–Trinajstić information content (AvgIpc) is 2.89. The number of nitrogens with zero attached hydrogens (tertiary/aromatic N) is 5. The quantitative estimate of drug-likeness (QED) is 0.411. The third kappa shape index (κ3) is 4.97. The van der Waals surface area contributed by atoms with Gasteiger partial charge in [-0.05, 0) is 23.8 Å². The number of nitro benzene ring substituents is 1. The molecule has 5 rings (SSSR count). The fourth-order valence-corrected chi connectivity index (χ4v) is 4.46. The van der Waals surface area contributed by atoms with E-state index in [1.165, 1.54) is 30.3 Å². The number of non-ortho nitro benzene ring substituents is 1. The number of carbonyl (C=O) groups is 1. The minimum Gasteiger partial charge on any atom is -0.378 e. The lowest BCUT2D eigenvalue weighted by molar-refractivity contribution is -0.384. The number of amides is 1. The smallest absolute Gasteiger partial charge is 0.270 e. The summed E-state index contributed by atoms with van der Waals surface area (Å²) in [4.78, 5) is 37.4. The zero-order valence-electron chi connectivity index (χ0n) is 19.0. The number of benzene rings is 2. The van der Waals surface area contributed by atoms with E-state index in [9.17, 15) is 19.3 Å². The summed E-state index contributed by atoms with van der Waals surface area (Å²) < 4.78 is 18.8. The maximum Gasteiger partial charge on any atom is 0.270 e. The van der Waals surface area contributed by atoms with Gasteiger partial charge in [-0.1, -0.05) is 18.2 Å². The van der Waals surface area contributed by atoms with Gasteiger partial charge in [-0.2, -0.15) is 0 Å². The Morgan fingerprint density at radius 1 is 1.09 bits per heavy atom. The minimum absolute atomic E-state index is 0.115. The maximum absolute atomic E-state index is 13.3. The Kier molecular flexibility index (Phi) is 6.37. The zero-order valence-corrected chi connectivity index (χ0v) is 19.0. The Morgan fingerprint density at radius 2 is 1.86 bits per heavy atom. The van der Waals surface area contributed by atoms with Crippen LogP contribution >= 0.6 is 0 Å². The van der Waals surface area contributed by atoms with E-state index >= 15 is 0 Å². The lowest BCUT2D eigenvalue weighted by Gasteiger charge is -2.34. The first-order valence-electron chi connectivity index (χ1n) is 11.5. The first kappa shape index (κ1) is 22.9. The summed E-state index contributed by atoms with van der Waals surface area (Å²) in [6, 6.07) is 12.1. The van der Waals surface area contributed by atoms with E-state index in [4.69, 9.17) is 14.7 Å². The molecule has 2 aromatic carbocycles. The molecule has 0 saturated carbocycles. The van der Waals surface area contributed by atoms with Crippen molar-refractivity contribution in [2.45, 2.75) is 19.4 Å². The number of ether oxygens (including phenoxy) is 1. The molecule has 2 aliphatic rings. The first-order chi connectivity index (χ1) is 17.0. The van der Waals surface area contributed by atoms with E-state index in [0.717, 1.165) is 22.6 Å². The van der Waals surface area contributed by atoms with Gasteiger partial charge in [-0.3, -0.25) is 14.9 Å². The predicted octanol–water partition coefficient (Wildman–Crippen LogP) is 3.15. The third-order valence-corrected chi connectivity index (χ3v) is 6.26. The van der Waals surface area contributed by atoms with Crippen LogP contribution in [0.25, 0.3) is 0 Å². The maximum atomic E-state index is 13.3. The molecule has 0 aliphatic carbocycles. The summed E-state index contributed by atoms with van der Waals surface area (Å²) in [5.41, 5.74) is 2.86. The molecule has 0 unspecified atom stereocenters. The van der Waals surface area contributed by atoms with Crippen molar-refractivity contribution in [1.29, 1.82) is 0 Å². The molecule has 9 nitrogen and oxygen atoms in total. The SMILES string of the molecule is O=C(c1cccc([N+](=O)[O-])c1)N1CCc2nc(Cc3ccc(F)cc3)nc(N3CCOCC3)c2C1. The molecule has 35 heavy (non-hydrogen) atoms. The fraction of sp³-hybridized carbons (Fsp3) is 0.320. The molecular weight excluding hydrogens is 453 g/mol. The summed E-state index contributed by atoms with van der Waals surface area (Å²) in [5.74, 6) is 0.882. The Labute approximate surface area is 201 Å². The topological polar surface area (TPSA) is 102 Å². The number of fused-ring (bicyclic) bond motifs is 1. The Morgan fingerprint density at radius 3 is 2.60 bits per heavy atom. The first-order valence-corrected chi connectivity index (χ1v) is 11.5. The standard InChI is InChI=1S/C25H24FN5O4/c26-19-6-4-17(5-7-19)14-23-27-22-8-9-30(25(32)18-2-1-3-20(15-18)31(33)34)16-21(22)24(28-23)29-10-12-35-13-11-29/h1-7,15H,8-14,16H2. The Balaban J connectivity index is 1.45. The van der Waals surface area contributed by atoms with Gasteiger partial charge >= 0.3 is 0 Å². The van der Waals surface area contributed by atoms with E-state index in [1.807, 2.05) is 0 Å². The lowest BCUT2D eigenvalue weighted by Crippen LogP contribution is -2.41. The molecule has 3 heterocycles. The van der Waals surface area contributed by atoms with Crippen molar-refractivity contribution in [3.63, 3.8) is 0 Å². The number of halogens is 1. The molecule has 0 spiro atoms. The van der Waals surface area contributed by atoms with Gasteiger partial charge in [0.05, 0.1) is 30.4 Å². The average molecular weight is 477 g/mol. The number of nitro groups is 1. The molecule has 1 saturated heterocycles. The van der Waals surface area contributed by atoms with Gasteiger partial charge < -0.3 is 14.5 Å². The van der Waals surface area contributed by atoms with Crippen molar-refractivity contribution in [1.82, 2.24) is 14.9 Å². The molecule has 0 atom stereocenters. The second-order valence-corrected chi connectivity index (χ2v) is 8.58. The van der Waals surface area contributed by atoms with Crippen LogP contribution in [0.4, 0.5) is 15.9 Å². The third-order valence-electron chi connectivity index (χ3n) is 6.26. The highest BCUT2D eigenvalue weighted by Crippen LogP contribution is 2.29. The fourth-order valence-electron chi connectivity index (χ4n) is 4.46. The van der Waals surface area contributed by atoms with Crippen LogP contribution in [0.2, 0.25) is 0 Å². The summed E-state index contributed by atoms with van der Waals surface area (Å²) in [6.07, 6.45) is 1.02. The number of rotatable bonds is 5. The van der Waals surface area contributed by atoms with E-state index in [2.05, 4.69) is 4.90 Å². The van der Waals surface area contributed by atoms with Gasteiger partial charge in [0.25, 0.3) is 11.6 Å². The Bertz CT molecular complexity index is 1260. The van der Waals surface area contributed by atoms with Crippen LogP contribution in [0, 0.1) is 15.9 Å². The van der Waals surface area contributed by atoms with Crippen LogP contribution < -0.4 is 4.90 Å². The molecule has 1 fully saturated rings. The highest BCUT2D eigenvalue weighted by Gasteiger charge is 2.29. The molecule has 0 N–H and O–H groups in total. The van der Waals surface area contributed by atoms with E-state index in [0.29, 0.717) is 58.1 Å². The number of anilines is 1. The molecule has 10 heteroatoms. The van der Waals surface area contributed by atoms with Crippen molar-refractivity contribution in [2.24, 2.45) is 0 Å². The van der Waals surface area contributed by atoms with Crippen LogP contribution in [0.15, 0.2) is 48.5 Å². The second-order valence-electron chi connectivity index (χ2n) is 8.58. The van der Waals surface area contributed by atoms with E-state index < -0.39 is 4.92 Å². The van der Waals surface area contributed by atoms with E-state index in [1.54, 1.807) is 23.1 Å². The summed E-state index contributed by atoms with van der Waals surface area (Å²) >= 11 is 0. The van der Waals surface area contributed by atoms with Crippen molar-refractivity contribution in [3.05, 3.63) is 92.7 Å². The van der Waals surface area contributed by atoms with E-state index in [-0.39, 0.29) is 23.0 Å². The number of hydrogen-bond donors (Lipinski definition) is 0. The largest absolute Gasteiger partial charge is 0.378 e. The molecule has 0 radical (unpaired) electrons. The summed E-state index contributed by atoms with van der Waals surface area (Å²) in [6.45, 7) is 3.30. The molecule has 1 amide bonds. The molecule has 3 aromatic rings. The van der Waals surface area contributed by atoms with Gasteiger partial charge in [0, 0.05) is 55.7 Å². The van der Waals surface area contributed by atoms with Gasteiger partial charge in [-0.25, -0.2) is 14.4 Å². The summed E-state index contributed by atoms with van der Waals surface area (Å²) in [5, 5.41) is 11.1. The second kappa shape index (κ2) is 9.75. The van der Waals surface area contributed by atoms with Gasteiger partial charge in [0.1, 0.15) is 17.5 Å². The minimum atomic E-state index is -0.505. The number of morpholine rings is 1. The van der Waals surface area contributed by atoms with Crippen LogP contribution in [0.1, 0.15) is 33.0 Å². The van der Waals surface area contributed by atoms with Crippen molar-refractivity contribution >= 4 is 17.4 Å². The molecule has 2 aliphatic heterocycles. The normalized spacial score (nSPS) is 15.6. The molecular formula is C25H24FN5O4. The predicted molar refractivity (Wildman–Crippen MR) is 126 cm³/mol. The number of carbonyl (C=O) groups excluding carboxylic acids is 1.